The molecule has 1 aliphatic rings. The fraction of sp³-hybridized carbons (Fsp3) is 0.125. The Morgan fingerprint density at radius 2 is 1.57 bits per heavy atom. The third-order valence-electron chi connectivity index (χ3n) is 4.98. The molecule has 0 saturated carbocycles. The van der Waals surface area contributed by atoms with Gasteiger partial charge in [-0.3, -0.25) is 14.4 Å². The SMILES string of the molecule is COc1ccc(CCC(=O)Nc2cccc(N3C(=O)c4ccccc4C3=O)c2)cc1. The number of benzene rings is 3. The summed E-state index contributed by atoms with van der Waals surface area (Å²) in [5.41, 5.74) is 2.76. The molecule has 0 fully saturated rings. The Morgan fingerprint density at radius 3 is 2.20 bits per heavy atom. The number of nitrogens with one attached hydrogen (secondary N) is 1. The number of imide groups is 1. The summed E-state index contributed by atoms with van der Waals surface area (Å²) >= 11 is 0. The van der Waals surface area contributed by atoms with Crippen LogP contribution in [0.4, 0.5) is 11.4 Å². The summed E-state index contributed by atoms with van der Waals surface area (Å²) in [6, 6.07) is 21.1. The van der Waals surface area contributed by atoms with Crippen molar-refractivity contribution >= 4 is 29.1 Å². The Bertz CT molecular complexity index is 1090. The number of carbonyl (C=O) groups excluding carboxylic acids is 3. The van der Waals surface area contributed by atoms with Crippen LogP contribution in [0.3, 0.4) is 0 Å². The highest BCUT2D eigenvalue weighted by atomic mass is 16.5. The minimum atomic E-state index is -0.362. The van der Waals surface area contributed by atoms with Crippen LogP contribution >= 0.6 is 0 Å². The smallest absolute Gasteiger partial charge is 0.266 e. The molecule has 3 aromatic rings. The standard InChI is InChI=1S/C24H20N2O4/c1-30-19-12-9-16(10-13-19)11-14-22(27)25-17-5-4-6-18(15-17)26-23(28)20-7-2-3-8-21(20)24(26)29/h2-10,12-13,15H,11,14H2,1H3,(H,25,27). The van der Waals surface area contributed by atoms with E-state index in [0.717, 1.165) is 16.2 Å². The number of rotatable bonds is 6. The molecule has 3 amide bonds. The third-order valence-corrected chi connectivity index (χ3v) is 4.98. The Hall–Kier alpha value is -3.93. The highest BCUT2D eigenvalue weighted by Crippen LogP contribution is 2.29. The lowest BCUT2D eigenvalue weighted by Crippen LogP contribution is -2.29. The first kappa shape index (κ1) is 19.4. The molecule has 0 bridgehead atoms. The Labute approximate surface area is 174 Å². The Balaban J connectivity index is 1.43. The Morgan fingerprint density at radius 1 is 0.900 bits per heavy atom. The minimum Gasteiger partial charge on any atom is -0.497 e. The molecular weight excluding hydrogens is 380 g/mol. The molecule has 0 radical (unpaired) electrons. The summed E-state index contributed by atoms with van der Waals surface area (Å²) in [4.78, 5) is 38.8. The number of amides is 3. The van der Waals surface area contributed by atoms with Gasteiger partial charge >= 0.3 is 0 Å². The molecule has 1 heterocycles. The first-order valence-electron chi connectivity index (χ1n) is 9.57. The van der Waals surface area contributed by atoms with Gasteiger partial charge in [-0.15, -0.1) is 0 Å². The van der Waals surface area contributed by atoms with Crippen LogP contribution in [0.5, 0.6) is 5.75 Å². The van der Waals surface area contributed by atoms with Gasteiger partial charge in [0, 0.05) is 12.1 Å². The van der Waals surface area contributed by atoms with Gasteiger partial charge in [-0.2, -0.15) is 0 Å². The molecule has 150 valence electrons. The first-order chi connectivity index (χ1) is 14.6. The van der Waals surface area contributed by atoms with E-state index in [1.54, 1.807) is 55.6 Å². The first-order valence-corrected chi connectivity index (χ1v) is 9.57. The van der Waals surface area contributed by atoms with Crippen LogP contribution < -0.4 is 15.0 Å². The fourth-order valence-corrected chi connectivity index (χ4v) is 3.42. The van der Waals surface area contributed by atoms with Crippen molar-refractivity contribution in [1.29, 1.82) is 0 Å². The molecule has 0 aliphatic carbocycles. The molecule has 4 rings (SSSR count). The summed E-state index contributed by atoms with van der Waals surface area (Å²) in [7, 11) is 1.61. The van der Waals surface area contributed by atoms with Crippen LogP contribution in [-0.2, 0) is 11.2 Å². The number of aryl methyl sites for hydroxylation is 1. The Kier molecular flexibility index (Phi) is 5.30. The second-order valence-electron chi connectivity index (χ2n) is 6.94. The van der Waals surface area contributed by atoms with E-state index in [4.69, 9.17) is 4.74 Å². The molecular formula is C24H20N2O4. The van der Waals surface area contributed by atoms with Gasteiger partial charge in [-0.25, -0.2) is 4.90 Å². The zero-order valence-electron chi connectivity index (χ0n) is 16.4. The third kappa shape index (κ3) is 3.80. The number of anilines is 2. The monoisotopic (exact) mass is 400 g/mol. The van der Waals surface area contributed by atoms with Crippen LogP contribution in [-0.4, -0.2) is 24.8 Å². The molecule has 1 aliphatic heterocycles. The summed E-state index contributed by atoms with van der Waals surface area (Å²) in [6.45, 7) is 0. The van der Waals surface area contributed by atoms with Crippen LogP contribution in [0, 0.1) is 0 Å². The van der Waals surface area contributed by atoms with Gasteiger partial charge in [0.15, 0.2) is 0 Å². The van der Waals surface area contributed by atoms with Crippen molar-refractivity contribution in [1.82, 2.24) is 0 Å². The number of hydrogen-bond acceptors (Lipinski definition) is 4. The van der Waals surface area contributed by atoms with E-state index >= 15 is 0 Å². The molecule has 0 atom stereocenters. The lowest BCUT2D eigenvalue weighted by molar-refractivity contribution is -0.116. The second-order valence-corrected chi connectivity index (χ2v) is 6.94. The van der Waals surface area contributed by atoms with Crippen molar-refractivity contribution in [2.75, 3.05) is 17.3 Å². The molecule has 30 heavy (non-hydrogen) atoms. The number of carbonyl (C=O) groups is 3. The maximum absolute atomic E-state index is 12.7. The number of fused-ring (bicyclic) bond motifs is 1. The van der Waals surface area contributed by atoms with Gasteiger partial charge in [0.25, 0.3) is 11.8 Å². The summed E-state index contributed by atoms with van der Waals surface area (Å²) in [5, 5.41) is 2.84. The van der Waals surface area contributed by atoms with Gasteiger partial charge in [0.1, 0.15) is 5.75 Å². The molecule has 0 aromatic heterocycles. The number of hydrogen-bond donors (Lipinski definition) is 1. The van der Waals surface area contributed by atoms with E-state index in [2.05, 4.69) is 5.32 Å². The predicted octanol–water partition coefficient (Wildman–Crippen LogP) is 4.07. The van der Waals surface area contributed by atoms with Crippen molar-refractivity contribution in [3.05, 3.63) is 89.5 Å². The van der Waals surface area contributed by atoms with E-state index in [-0.39, 0.29) is 17.7 Å². The zero-order chi connectivity index (χ0) is 21.1. The van der Waals surface area contributed by atoms with Crippen molar-refractivity contribution in [2.45, 2.75) is 12.8 Å². The molecule has 6 heteroatoms. The van der Waals surface area contributed by atoms with Crippen molar-refractivity contribution in [3.8, 4) is 5.75 Å². The average molecular weight is 400 g/mol. The predicted molar refractivity (Wildman–Crippen MR) is 114 cm³/mol. The van der Waals surface area contributed by atoms with E-state index in [9.17, 15) is 14.4 Å². The fourth-order valence-electron chi connectivity index (χ4n) is 3.42. The molecule has 0 spiro atoms. The van der Waals surface area contributed by atoms with Crippen molar-refractivity contribution < 1.29 is 19.1 Å². The van der Waals surface area contributed by atoms with Crippen LogP contribution in [0.15, 0.2) is 72.8 Å². The largest absolute Gasteiger partial charge is 0.497 e. The van der Waals surface area contributed by atoms with Crippen LogP contribution in [0.2, 0.25) is 0 Å². The van der Waals surface area contributed by atoms with Crippen LogP contribution in [0.25, 0.3) is 0 Å². The van der Waals surface area contributed by atoms with Gasteiger partial charge in [-0.05, 0) is 54.4 Å². The molecule has 0 saturated heterocycles. The highest BCUT2D eigenvalue weighted by Gasteiger charge is 2.36. The van der Waals surface area contributed by atoms with Crippen LogP contribution in [0.1, 0.15) is 32.7 Å². The van der Waals surface area contributed by atoms with Gasteiger partial charge < -0.3 is 10.1 Å². The molecule has 6 nitrogen and oxygen atoms in total. The minimum absolute atomic E-state index is 0.148. The van der Waals surface area contributed by atoms with Crippen molar-refractivity contribution in [3.63, 3.8) is 0 Å². The number of nitrogens with zero attached hydrogens (tertiary/aromatic N) is 1. The van der Waals surface area contributed by atoms with Gasteiger partial charge in [0.05, 0.1) is 23.9 Å². The normalized spacial score (nSPS) is 12.6. The topological polar surface area (TPSA) is 75.7 Å². The van der Waals surface area contributed by atoms with Gasteiger partial charge in [-0.1, -0.05) is 30.3 Å². The van der Waals surface area contributed by atoms with E-state index < -0.39 is 0 Å². The summed E-state index contributed by atoms with van der Waals surface area (Å²) in [5.74, 6) is -0.101. The zero-order valence-corrected chi connectivity index (χ0v) is 16.4. The average Bonchev–Trinajstić information content (AvgIpc) is 3.03. The number of methoxy groups -OCH3 is 1. The molecule has 1 N–H and O–H groups in total. The number of ether oxygens (including phenoxy) is 1. The summed E-state index contributed by atoms with van der Waals surface area (Å²) < 4.78 is 5.13. The quantitative estimate of drug-likeness (QED) is 0.633. The highest BCUT2D eigenvalue weighted by molar-refractivity contribution is 6.34. The maximum Gasteiger partial charge on any atom is 0.266 e. The lowest BCUT2D eigenvalue weighted by Gasteiger charge is -2.15. The maximum atomic E-state index is 12.7. The van der Waals surface area contributed by atoms with E-state index in [0.29, 0.717) is 35.3 Å². The lowest BCUT2D eigenvalue weighted by atomic mass is 10.1. The van der Waals surface area contributed by atoms with Gasteiger partial charge in [0.2, 0.25) is 5.91 Å². The second kappa shape index (κ2) is 8.21. The van der Waals surface area contributed by atoms with E-state index in [1.807, 2.05) is 24.3 Å². The molecule has 3 aromatic carbocycles. The van der Waals surface area contributed by atoms with Crippen molar-refractivity contribution in [2.24, 2.45) is 0 Å². The van der Waals surface area contributed by atoms with E-state index in [1.165, 1.54) is 0 Å². The molecule has 0 unspecified atom stereocenters. The summed E-state index contributed by atoms with van der Waals surface area (Å²) in [6.07, 6.45) is 0.900.